The summed E-state index contributed by atoms with van der Waals surface area (Å²) in [5, 5.41) is 4.18. The van der Waals surface area contributed by atoms with Gasteiger partial charge >= 0.3 is 0 Å². The van der Waals surface area contributed by atoms with Crippen LogP contribution in [0.15, 0.2) is 18.3 Å². The lowest BCUT2D eigenvalue weighted by Crippen LogP contribution is -2.59. The molecule has 0 saturated carbocycles. The van der Waals surface area contributed by atoms with Crippen molar-refractivity contribution in [1.82, 2.24) is 15.2 Å². The summed E-state index contributed by atoms with van der Waals surface area (Å²) in [5.74, 6) is -2.57. The van der Waals surface area contributed by atoms with Crippen molar-refractivity contribution in [2.45, 2.75) is 12.0 Å². The van der Waals surface area contributed by atoms with Crippen molar-refractivity contribution in [1.29, 1.82) is 0 Å². The second-order valence-electron chi connectivity index (χ2n) is 3.96. The van der Waals surface area contributed by atoms with Crippen LogP contribution in [0.4, 0.5) is 0 Å². The van der Waals surface area contributed by atoms with Crippen LogP contribution < -0.4 is 10.6 Å². The van der Waals surface area contributed by atoms with E-state index in [1.165, 1.54) is 16.8 Å². The molecule has 7 nitrogen and oxygen atoms in total. The van der Waals surface area contributed by atoms with Gasteiger partial charge in [0.05, 0.1) is 6.42 Å². The van der Waals surface area contributed by atoms with Gasteiger partial charge in [0.2, 0.25) is 11.4 Å². The van der Waals surface area contributed by atoms with Gasteiger partial charge in [0.25, 0.3) is 17.7 Å². The van der Waals surface area contributed by atoms with E-state index < -0.39 is 29.2 Å². The number of nitrogens with zero attached hydrogens (tertiary/aromatic N) is 1. The van der Waals surface area contributed by atoms with E-state index >= 15 is 0 Å². The third kappa shape index (κ3) is 1.00. The second-order valence-corrected chi connectivity index (χ2v) is 3.96. The van der Waals surface area contributed by atoms with Crippen molar-refractivity contribution in [2.75, 3.05) is 0 Å². The molecule has 2 N–H and O–H groups in total. The summed E-state index contributed by atoms with van der Waals surface area (Å²) in [6.07, 6.45) is 1.16. The zero-order chi connectivity index (χ0) is 12.2. The molecule has 1 aromatic rings. The first-order chi connectivity index (χ1) is 8.05. The molecule has 86 valence electrons. The third-order valence-corrected chi connectivity index (χ3v) is 3.04. The maximum Gasteiger partial charge on any atom is 0.274 e. The average molecular weight is 233 g/mol. The van der Waals surface area contributed by atoms with Crippen LogP contribution in [0.3, 0.4) is 0 Å². The molecule has 0 unspecified atom stereocenters. The van der Waals surface area contributed by atoms with Crippen LogP contribution in [0, 0.1) is 0 Å². The van der Waals surface area contributed by atoms with Crippen LogP contribution in [0.25, 0.3) is 0 Å². The van der Waals surface area contributed by atoms with E-state index in [0.717, 1.165) is 0 Å². The van der Waals surface area contributed by atoms with Gasteiger partial charge in [-0.3, -0.25) is 29.8 Å². The number of imide groups is 2. The average Bonchev–Trinajstić information content (AvgIpc) is 2.81. The molecule has 0 aromatic carbocycles. The van der Waals surface area contributed by atoms with Gasteiger partial charge in [-0.25, -0.2) is 0 Å². The van der Waals surface area contributed by atoms with Crippen molar-refractivity contribution in [3.05, 3.63) is 24.0 Å². The highest BCUT2D eigenvalue weighted by atomic mass is 16.2. The topological polar surface area (TPSA) is 97.3 Å². The lowest BCUT2D eigenvalue weighted by molar-refractivity contribution is -0.139. The normalized spacial score (nSPS) is 27.1. The van der Waals surface area contributed by atoms with Crippen molar-refractivity contribution in [2.24, 2.45) is 0 Å². The number of carbonyl (C=O) groups is 4. The number of fused-ring (bicyclic) bond motifs is 2. The first-order valence-corrected chi connectivity index (χ1v) is 4.93. The summed E-state index contributed by atoms with van der Waals surface area (Å²) in [4.78, 5) is 46.5. The summed E-state index contributed by atoms with van der Waals surface area (Å²) >= 11 is 0. The fraction of sp³-hybridized carbons (Fsp3) is 0.200. The Balaban J connectivity index is 2.28. The molecule has 0 aliphatic carbocycles. The monoisotopic (exact) mass is 233 g/mol. The van der Waals surface area contributed by atoms with E-state index in [4.69, 9.17) is 0 Å². The Hall–Kier alpha value is -2.44. The van der Waals surface area contributed by atoms with E-state index in [9.17, 15) is 19.2 Å². The SMILES string of the molecule is O=C1C[C@@]2(C(=O)N1)C(=O)NC(=O)c1cccn12. The molecule has 1 spiro atoms. The van der Waals surface area contributed by atoms with Crippen LogP contribution >= 0.6 is 0 Å². The maximum absolute atomic E-state index is 11.9. The summed E-state index contributed by atoms with van der Waals surface area (Å²) in [7, 11) is 0. The molecule has 4 amide bonds. The Labute approximate surface area is 94.8 Å². The maximum atomic E-state index is 11.9. The lowest BCUT2D eigenvalue weighted by Gasteiger charge is -2.31. The standard InChI is InChI=1S/C10H7N3O4/c14-6-4-10(8(16)11-6)9(17)12-7(15)5-2-1-3-13(5)10/h1-3H,4H2,(H,11,14,16)(H,12,15,17)/t10-/m1/s1. The van der Waals surface area contributed by atoms with Crippen molar-refractivity contribution in [3.63, 3.8) is 0 Å². The number of aromatic nitrogens is 1. The largest absolute Gasteiger partial charge is 0.320 e. The Morgan fingerprint density at radius 1 is 1.12 bits per heavy atom. The molecule has 7 heteroatoms. The number of hydrogen-bond acceptors (Lipinski definition) is 4. The summed E-state index contributed by atoms with van der Waals surface area (Å²) in [6.45, 7) is 0. The summed E-state index contributed by atoms with van der Waals surface area (Å²) < 4.78 is 1.26. The van der Waals surface area contributed by atoms with Crippen LogP contribution in [-0.2, 0) is 19.9 Å². The van der Waals surface area contributed by atoms with Crippen molar-refractivity contribution >= 4 is 23.6 Å². The molecular weight excluding hydrogens is 226 g/mol. The van der Waals surface area contributed by atoms with Gasteiger partial charge in [-0.1, -0.05) is 0 Å². The van der Waals surface area contributed by atoms with Crippen LogP contribution in [0.5, 0.6) is 0 Å². The molecule has 3 rings (SSSR count). The smallest absolute Gasteiger partial charge is 0.274 e. The molecule has 3 heterocycles. The predicted molar refractivity (Wildman–Crippen MR) is 52.6 cm³/mol. The van der Waals surface area contributed by atoms with Gasteiger partial charge in [-0.05, 0) is 12.1 Å². The summed E-state index contributed by atoms with van der Waals surface area (Å²) in [6, 6.07) is 3.03. The predicted octanol–water partition coefficient (Wildman–Crippen LogP) is -1.50. The molecule has 0 radical (unpaired) electrons. The van der Waals surface area contributed by atoms with Crippen molar-refractivity contribution < 1.29 is 19.2 Å². The first kappa shape index (κ1) is 9.76. The van der Waals surface area contributed by atoms with E-state index in [1.54, 1.807) is 6.07 Å². The van der Waals surface area contributed by atoms with Gasteiger partial charge in [-0.2, -0.15) is 0 Å². The van der Waals surface area contributed by atoms with Gasteiger partial charge in [-0.15, -0.1) is 0 Å². The highest BCUT2D eigenvalue weighted by molar-refractivity contribution is 6.24. The van der Waals surface area contributed by atoms with E-state index in [0.29, 0.717) is 0 Å². The fourth-order valence-electron chi connectivity index (χ4n) is 2.24. The van der Waals surface area contributed by atoms with E-state index in [2.05, 4.69) is 10.6 Å². The quantitative estimate of drug-likeness (QED) is 0.421. The molecule has 1 atom stereocenters. The van der Waals surface area contributed by atoms with Gasteiger partial charge in [0, 0.05) is 6.20 Å². The van der Waals surface area contributed by atoms with E-state index in [-0.39, 0.29) is 12.1 Å². The molecule has 1 aromatic heterocycles. The van der Waals surface area contributed by atoms with Crippen LogP contribution in [0.2, 0.25) is 0 Å². The summed E-state index contributed by atoms with van der Waals surface area (Å²) in [5.41, 5.74) is -1.46. The highest BCUT2D eigenvalue weighted by Gasteiger charge is 2.57. The number of nitrogens with one attached hydrogen (secondary N) is 2. The zero-order valence-electron chi connectivity index (χ0n) is 8.52. The van der Waals surface area contributed by atoms with Gasteiger partial charge < -0.3 is 4.57 Å². The molecule has 1 fully saturated rings. The molecule has 1 saturated heterocycles. The zero-order valence-corrected chi connectivity index (χ0v) is 8.52. The Bertz CT molecular complexity index is 588. The molecular formula is C10H7N3O4. The highest BCUT2D eigenvalue weighted by Crippen LogP contribution is 2.31. The minimum Gasteiger partial charge on any atom is -0.320 e. The lowest BCUT2D eigenvalue weighted by atomic mass is 9.93. The van der Waals surface area contributed by atoms with Crippen molar-refractivity contribution in [3.8, 4) is 0 Å². The van der Waals surface area contributed by atoms with Gasteiger partial charge in [0.1, 0.15) is 5.69 Å². The van der Waals surface area contributed by atoms with E-state index in [1.807, 2.05) is 0 Å². The van der Waals surface area contributed by atoms with Crippen LogP contribution in [0.1, 0.15) is 16.9 Å². The minimum atomic E-state index is -1.65. The fourth-order valence-corrected chi connectivity index (χ4v) is 2.24. The Morgan fingerprint density at radius 3 is 2.47 bits per heavy atom. The molecule has 2 aliphatic heterocycles. The number of hydrogen-bond donors (Lipinski definition) is 2. The third-order valence-electron chi connectivity index (χ3n) is 3.04. The van der Waals surface area contributed by atoms with Crippen LogP contribution in [-0.4, -0.2) is 28.2 Å². The number of amides is 4. The molecule has 17 heavy (non-hydrogen) atoms. The van der Waals surface area contributed by atoms with Gasteiger partial charge in [0.15, 0.2) is 0 Å². The Morgan fingerprint density at radius 2 is 1.82 bits per heavy atom. The molecule has 2 aliphatic rings. The molecule has 0 bridgehead atoms. The Kier molecular flexibility index (Phi) is 1.62. The number of carbonyl (C=O) groups excluding carboxylic acids is 4. The minimum absolute atomic E-state index is 0.189. The first-order valence-electron chi connectivity index (χ1n) is 4.93. The second kappa shape index (κ2) is 2.82. The number of rotatable bonds is 0.